The first-order valence-electron chi connectivity index (χ1n) is 9.79. The maximum Gasteiger partial charge on any atom is 0.222 e. The van der Waals surface area contributed by atoms with Crippen LogP contribution in [0.5, 0.6) is 5.75 Å². The fourth-order valence-corrected chi connectivity index (χ4v) is 4.35. The van der Waals surface area contributed by atoms with Crippen molar-refractivity contribution in [1.29, 1.82) is 0 Å². The van der Waals surface area contributed by atoms with Crippen LogP contribution in [-0.2, 0) is 11.3 Å². The van der Waals surface area contributed by atoms with Gasteiger partial charge in [0.05, 0.1) is 19.6 Å². The molecule has 0 unspecified atom stereocenters. The summed E-state index contributed by atoms with van der Waals surface area (Å²) < 4.78 is 9.60. The Hall–Kier alpha value is -2.99. The smallest absolute Gasteiger partial charge is 0.222 e. The summed E-state index contributed by atoms with van der Waals surface area (Å²) >= 11 is 1.66. The van der Waals surface area contributed by atoms with Crippen LogP contribution in [0.2, 0.25) is 0 Å². The van der Waals surface area contributed by atoms with E-state index in [1.54, 1.807) is 18.4 Å². The Balaban J connectivity index is 1.30. The molecule has 1 amide bonds. The van der Waals surface area contributed by atoms with Crippen LogP contribution in [0.3, 0.4) is 0 Å². The van der Waals surface area contributed by atoms with Gasteiger partial charge in [-0.15, -0.1) is 0 Å². The van der Waals surface area contributed by atoms with E-state index in [1.165, 1.54) is 16.5 Å². The molecule has 0 bridgehead atoms. The highest BCUT2D eigenvalue weighted by Gasteiger charge is 2.17. The molecule has 0 spiro atoms. The maximum atomic E-state index is 12.5. The third-order valence-electron chi connectivity index (χ3n) is 5.17. The highest BCUT2D eigenvalue weighted by molar-refractivity contribution is 7.08. The van der Waals surface area contributed by atoms with E-state index in [0.29, 0.717) is 13.0 Å². The summed E-state index contributed by atoms with van der Waals surface area (Å²) in [7, 11) is 1.68. The number of fused-ring (bicyclic) bond motifs is 1. The van der Waals surface area contributed by atoms with E-state index < -0.39 is 0 Å². The molecule has 3 aromatic heterocycles. The zero-order valence-electron chi connectivity index (χ0n) is 16.5. The lowest BCUT2D eigenvalue weighted by Gasteiger charge is -2.18. The van der Waals surface area contributed by atoms with Crippen molar-refractivity contribution in [2.45, 2.75) is 25.4 Å². The highest BCUT2D eigenvalue weighted by Crippen LogP contribution is 2.24. The number of rotatable bonds is 9. The number of methoxy groups -OCH3 is 1. The third-order valence-corrected chi connectivity index (χ3v) is 5.87. The summed E-state index contributed by atoms with van der Waals surface area (Å²) in [6.45, 7) is 1.53. The lowest BCUT2D eigenvalue weighted by molar-refractivity contribution is -0.121. The SMILES string of the molecule is COc1ccc2c(ccn2CCCNC(=O)C[C@@H](c2ccsc2)n2cccc2)c1. The van der Waals surface area contributed by atoms with Gasteiger partial charge in [-0.2, -0.15) is 11.3 Å². The minimum atomic E-state index is 0.0413. The number of amides is 1. The third kappa shape index (κ3) is 4.54. The molecule has 3 heterocycles. The molecule has 5 nitrogen and oxygen atoms in total. The van der Waals surface area contributed by atoms with Gasteiger partial charge in [-0.25, -0.2) is 0 Å². The van der Waals surface area contributed by atoms with Gasteiger partial charge < -0.3 is 19.2 Å². The van der Waals surface area contributed by atoms with Crippen molar-refractivity contribution in [2.75, 3.05) is 13.7 Å². The number of carbonyl (C=O) groups excluding carboxylic acids is 1. The molecule has 0 aliphatic carbocycles. The fourth-order valence-electron chi connectivity index (χ4n) is 3.64. The van der Waals surface area contributed by atoms with Crippen LogP contribution in [-0.4, -0.2) is 28.7 Å². The zero-order valence-corrected chi connectivity index (χ0v) is 17.3. The number of nitrogens with one attached hydrogen (secondary N) is 1. The van der Waals surface area contributed by atoms with Crippen molar-refractivity contribution in [3.05, 3.63) is 77.4 Å². The predicted molar refractivity (Wildman–Crippen MR) is 118 cm³/mol. The number of thiophene rings is 1. The van der Waals surface area contributed by atoms with Gasteiger partial charge in [0.15, 0.2) is 0 Å². The summed E-state index contributed by atoms with van der Waals surface area (Å²) in [6.07, 6.45) is 7.44. The van der Waals surface area contributed by atoms with E-state index in [-0.39, 0.29) is 11.9 Å². The van der Waals surface area contributed by atoms with Gasteiger partial charge in [0.2, 0.25) is 5.91 Å². The van der Waals surface area contributed by atoms with Crippen LogP contribution in [0.4, 0.5) is 0 Å². The monoisotopic (exact) mass is 407 g/mol. The van der Waals surface area contributed by atoms with Crippen molar-refractivity contribution in [3.8, 4) is 5.75 Å². The highest BCUT2D eigenvalue weighted by atomic mass is 32.1. The molecule has 0 fully saturated rings. The van der Waals surface area contributed by atoms with Crippen molar-refractivity contribution in [2.24, 2.45) is 0 Å². The fraction of sp³-hybridized carbons (Fsp3) is 0.261. The molecule has 4 aromatic rings. The Morgan fingerprint density at radius 1 is 1.17 bits per heavy atom. The van der Waals surface area contributed by atoms with Gasteiger partial charge in [0.1, 0.15) is 5.75 Å². The standard InChI is InChI=1S/C23H25N3O2S/c1-28-20-5-6-21-18(15-20)7-13-26(21)12-4-9-24-23(27)16-22(19-8-14-29-17-19)25-10-2-3-11-25/h2-3,5-8,10-11,13-15,17,22H,4,9,12,16H2,1H3,(H,24,27)/t22-/m0/s1. The van der Waals surface area contributed by atoms with E-state index in [4.69, 9.17) is 4.74 Å². The molecule has 29 heavy (non-hydrogen) atoms. The number of hydrogen-bond acceptors (Lipinski definition) is 3. The summed E-state index contributed by atoms with van der Waals surface area (Å²) in [5.41, 5.74) is 2.36. The van der Waals surface area contributed by atoms with E-state index >= 15 is 0 Å². The number of carbonyl (C=O) groups is 1. The van der Waals surface area contributed by atoms with Crippen LogP contribution in [0.1, 0.15) is 24.4 Å². The van der Waals surface area contributed by atoms with Crippen LogP contribution in [0.15, 0.2) is 71.8 Å². The van der Waals surface area contributed by atoms with Gasteiger partial charge in [0.25, 0.3) is 0 Å². The van der Waals surface area contributed by atoms with Crippen LogP contribution >= 0.6 is 11.3 Å². The molecule has 1 atom stereocenters. The van der Waals surface area contributed by atoms with Crippen LogP contribution in [0, 0.1) is 0 Å². The lowest BCUT2D eigenvalue weighted by atomic mass is 10.1. The van der Waals surface area contributed by atoms with Crippen LogP contribution in [0.25, 0.3) is 10.9 Å². The molecule has 0 radical (unpaired) electrons. The summed E-state index contributed by atoms with van der Waals surface area (Å²) in [6, 6.07) is 14.3. The summed E-state index contributed by atoms with van der Waals surface area (Å²) in [5, 5.41) is 8.42. The number of ether oxygens (including phenoxy) is 1. The van der Waals surface area contributed by atoms with E-state index in [0.717, 1.165) is 18.7 Å². The van der Waals surface area contributed by atoms with E-state index in [2.05, 4.69) is 49.6 Å². The molecular formula is C23H25N3O2S. The molecule has 6 heteroatoms. The largest absolute Gasteiger partial charge is 0.497 e. The first kappa shape index (κ1) is 19.3. The first-order chi connectivity index (χ1) is 14.2. The van der Waals surface area contributed by atoms with E-state index in [1.807, 2.05) is 36.7 Å². The molecule has 0 saturated heterocycles. The number of nitrogens with zero attached hydrogens (tertiary/aromatic N) is 2. The topological polar surface area (TPSA) is 48.2 Å². The van der Waals surface area contributed by atoms with Gasteiger partial charge >= 0.3 is 0 Å². The average molecular weight is 408 g/mol. The van der Waals surface area contributed by atoms with Crippen LogP contribution < -0.4 is 10.1 Å². The van der Waals surface area contributed by atoms with Gasteiger partial charge in [-0.1, -0.05) is 0 Å². The second-order valence-corrected chi connectivity index (χ2v) is 7.82. The van der Waals surface area contributed by atoms with Crippen molar-refractivity contribution in [3.63, 3.8) is 0 Å². The van der Waals surface area contributed by atoms with Crippen molar-refractivity contribution >= 4 is 28.1 Å². The predicted octanol–water partition coefficient (Wildman–Crippen LogP) is 4.70. The molecule has 0 aliphatic heterocycles. The average Bonchev–Trinajstić information content (AvgIpc) is 3.51. The Morgan fingerprint density at radius 2 is 2.03 bits per heavy atom. The normalized spacial score (nSPS) is 12.2. The Kier molecular flexibility index (Phi) is 6.00. The maximum absolute atomic E-state index is 12.5. The molecule has 0 aliphatic rings. The van der Waals surface area contributed by atoms with Crippen molar-refractivity contribution < 1.29 is 9.53 Å². The minimum absolute atomic E-state index is 0.0413. The molecule has 1 N–H and O–H groups in total. The summed E-state index contributed by atoms with van der Waals surface area (Å²) in [5.74, 6) is 0.947. The van der Waals surface area contributed by atoms with Gasteiger partial charge in [0, 0.05) is 42.6 Å². The Labute approximate surface area is 174 Å². The minimum Gasteiger partial charge on any atom is -0.497 e. The summed E-state index contributed by atoms with van der Waals surface area (Å²) in [4.78, 5) is 12.5. The lowest BCUT2D eigenvalue weighted by Crippen LogP contribution is -2.28. The molecule has 0 saturated carbocycles. The molecule has 150 valence electrons. The second kappa shape index (κ2) is 9.01. The van der Waals surface area contributed by atoms with E-state index in [9.17, 15) is 4.79 Å². The second-order valence-electron chi connectivity index (χ2n) is 7.04. The van der Waals surface area contributed by atoms with Gasteiger partial charge in [-0.3, -0.25) is 4.79 Å². The quantitative estimate of drug-likeness (QED) is 0.409. The number of hydrogen-bond donors (Lipinski definition) is 1. The Bertz CT molecular complexity index is 1020. The number of aromatic nitrogens is 2. The van der Waals surface area contributed by atoms with Gasteiger partial charge in [-0.05, 0) is 65.2 Å². The first-order valence-corrected chi connectivity index (χ1v) is 10.7. The molecular weight excluding hydrogens is 382 g/mol. The number of benzene rings is 1. The number of aryl methyl sites for hydroxylation is 1. The molecule has 4 rings (SSSR count). The molecule has 1 aromatic carbocycles. The zero-order chi connectivity index (χ0) is 20.1. The van der Waals surface area contributed by atoms with Crippen molar-refractivity contribution in [1.82, 2.24) is 14.5 Å². The Morgan fingerprint density at radius 3 is 2.79 bits per heavy atom.